The number of hydrogen-bond acceptors (Lipinski definition) is 3. The highest BCUT2D eigenvalue weighted by Gasteiger charge is 2.09. The van der Waals surface area contributed by atoms with Crippen LogP contribution in [0.5, 0.6) is 5.75 Å². The second kappa shape index (κ2) is 6.59. The first-order valence-corrected chi connectivity index (χ1v) is 6.54. The van der Waals surface area contributed by atoms with E-state index in [1.54, 1.807) is 14.0 Å². The monoisotopic (exact) mass is 351 g/mol. The Morgan fingerprint density at radius 3 is 2.69 bits per heavy atom. The molecule has 0 saturated heterocycles. The van der Waals surface area contributed by atoms with Crippen LogP contribution in [0.1, 0.15) is 12.5 Å². The predicted octanol–water partition coefficient (Wildman–Crippen LogP) is 2.69. The van der Waals surface area contributed by atoms with E-state index in [2.05, 4.69) is 37.2 Å². The van der Waals surface area contributed by atoms with Gasteiger partial charge in [-0.2, -0.15) is 0 Å². The average molecular weight is 353 g/mol. The summed E-state index contributed by atoms with van der Waals surface area (Å²) < 4.78 is 7.23. The third kappa shape index (κ3) is 4.05. The third-order valence-electron chi connectivity index (χ3n) is 2.04. The SMILES string of the molecule is COc1c(Br)cc(Br)cc1CNC[C@H](C)O. The molecule has 5 heteroatoms. The van der Waals surface area contributed by atoms with Crippen molar-refractivity contribution in [3.05, 3.63) is 26.6 Å². The predicted molar refractivity (Wildman–Crippen MR) is 71.8 cm³/mol. The molecule has 1 aromatic rings. The van der Waals surface area contributed by atoms with Crippen molar-refractivity contribution < 1.29 is 9.84 Å². The van der Waals surface area contributed by atoms with Crippen molar-refractivity contribution >= 4 is 31.9 Å². The summed E-state index contributed by atoms with van der Waals surface area (Å²) in [6, 6.07) is 3.94. The molecule has 0 saturated carbocycles. The fraction of sp³-hybridized carbons (Fsp3) is 0.455. The number of aliphatic hydroxyl groups is 1. The van der Waals surface area contributed by atoms with Gasteiger partial charge in [0.25, 0.3) is 0 Å². The highest BCUT2D eigenvalue weighted by atomic mass is 79.9. The molecule has 0 aliphatic rings. The summed E-state index contributed by atoms with van der Waals surface area (Å²) in [5.41, 5.74) is 1.05. The van der Waals surface area contributed by atoms with Crippen molar-refractivity contribution in [3.63, 3.8) is 0 Å². The Kier molecular flexibility index (Phi) is 5.75. The number of methoxy groups -OCH3 is 1. The largest absolute Gasteiger partial charge is 0.495 e. The molecule has 0 aliphatic carbocycles. The first-order valence-electron chi connectivity index (χ1n) is 4.95. The second-order valence-electron chi connectivity index (χ2n) is 3.56. The first-order chi connectivity index (χ1) is 7.54. The Hall–Kier alpha value is -0.100. The zero-order valence-corrected chi connectivity index (χ0v) is 12.4. The third-order valence-corrected chi connectivity index (χ3v) is 3.09. The van der Waals surface area contributed by atoms with Crippen LogP contribution in [0.2, 0.25) is 0 Å². The van der Waals surface area contributed by atoms with E-state index >= 15 is 0 Å². The molecule has 0 amide bonds. The van der Waals surface area contributed by atoms with E-state index in [4.69, 9.17) is 9.84 Å². The van der Waals surface area contributed by atoms with E-state index < -0.39 is 0 Å². The van der Waals surface area contributed by atoms with Gasteiger partial charge in [0.2, 0.25) is 0 Å². The van der Waals surface area contributed by atoms with E-state index in [1.165, 1.54) is 0 Å². The summed E-state index contributed by atoms with van der Waals surface area (Å²) >= 11 is 6.88. The van der Waals surface area contributed by atoms with Crippen LogP contribution in [0.15, 0.2) is 21.1 Å². The lowest BCUT2D eigenvalue weighted by Crippen LogP contribution is -2.24. The van der Waals surface area contributed by atoms with Crippen LogP contribution in [0, 0.1) is 0 Å². The van der Waals surface area contributed by atoms with Gasteiger partial charge in [0.15, 0.2) is 0 Å². The van der Waals surface area contributed by atoms with E-state index in [1.807, 2.05) is 12.1 Å². The van der Waals surface area contributed by atoms with Crippen LogP contribution in [-0.2, 0) is 6.54 Å². The molecule has 90 valence electrons. The van der Waals surface area contributed by atoms with Crippen molar-refractivity contribution in [3.8, 4) is 5.75 Å². The highest BCUT2D eigenvalue weighted by Crippen LogP contribution is 2.32. The maximum Gasteiger partial charge on any atom is 0.137 e. The number of benzene rings is 1. The maximum atomic E-state index is 9.15. The quantitative estimate of drug-likeness (QED) is 0.856. The minimum atomic E-state index is -0.346. The number of rotatable bonds is 5. The van der Waals surface area contributed by atoms with Crippen molar-refractivity contribution in [1.29, 1.82) is 0 Å². The van der Waals surface area contributed by atoms with Gasteiger partial charge in [0.05, 0.1) is 17.7 Å². The lowest BCUT2D eigenvalue weighted by Gasteiger charge is -2.13. The van der Waals surface area contributed by atoms with Gasteiger partial charge in [0.1, 0.15) is 5.75 Å². The van der Waals surface area contributed by atoms with Crippen LogP contribution in [0.4, 0.5) is 0 Å². The molecule has 0 aliphatic heterocycles. The molecule has 0 fully saturated rings. The van der Waals surface area contributed by atoms with E-state index in [-0.39, 0.29) is 6.10 Å². The zero-order valence-electron chi connectivity index (χ0n) is 9.26. The van der Waals surface area contributed by atoms with Gasteiger partial charge >= 0.3 is 0 Å². The Morgan fingerprint density at radius 2 is 2.12 bits per heavy atom. The molecule has 0 aromatic heterocycles. The molecule has 1 rings (SSSR count). The number of aliphatic hydroxyl groups excluding tert-OH is 1. The van der Waals surface area contributed by atoms with Crippen LogP contribution in [0.25, 0.3) is 0 Å². The number of ether oxygens (including phenoxy) is 1. The van der Waals surface area contributed by atoms with Crippen molar-refractivity contribution in [2.24, 2.45) is 0 Å². The van der Waals surface area contributed by atoms with Crippen LogP contribution in [0.3, 0.4) is 0 Å². The summed E-state index contributed by atoms with van der Waals surface area (Å²) in [7, 11) is 1.65. The lowest BCUT2D eigenvalue weighted by atomic mass is 10.2. The molecule has 0 spiro atoms. The van der Waals surface area contributed by atoms with Gasteiger partial charge in [-0.05, 0) is 35.0 Å². The van der Waals surface area contributed by atoms with Crippen molar-refractivity contribution in [1.82, 2.24) is 5.32 Å². The Morgan fingerprint density at radius 1 is 1.44 bits per heavy atom. The topological polar surface area (TPSA) is 41.5 Å². The molecule has 16 heavy (non-hydrogen) atoms. The average Bonchev–Trinajstić information content (AvgIpc) is 2.16. The van der Waals surface area contributed by atoms with Crippen LogP contribution in [-0.4, -0.2) is 24.9 Å². The highest BCUT2D eigenvalue weighted by molar-refractivity contribution is 9.11. The maximum absolute atomic E-state index is 9.15. The minimum Gasteiger partial charge on any atom is -0.495 e. The molecule has 2 N–H and O–H groups in total. The summed E-state index contributed by atoms with van der Waals surface area (Å²) in [6.07, 6.45) is -0.346. The van der Waals surface area contributed by atoms with Crippen LogP contribution >= 0.6 is 31.9 Å². The minimum absolute atomic E-state index is 0.346. The summed E-state index contributed by atoms with van der Waals surface area (Å²) in [5.74, 6) is 0.821. The molecule has 0 heterocycles. The first kappa shape index (κ1) is 14.0. The van der Waals surface area contributed by atoms with E-state index in [0.29, 0.717) is 13.1 Å². The van der Waals surface area contributed by atoms with Crippen molar-refractivity contribution in [2.45, 2.75) is 19.6 Å². The standard InChI is InChI=1S/C11H15Br2NO2/c1-7(15)5-14-6-8-3-9(12)4-10(13)11(8)16-2/h3-4,7,14-15H,5-6H2,1-2H3/t7-/m0/s1. The van der Waals surface area contributed by atoms with Gasteiger partial charge in [-0.15, -0.1) is 0 Å². The Labute approximate surface area is 112 Å². The molecule has 0 unspecified atom stereocenters. The summed E-state index contributed by atoms with van der Waals surface area (Å²) in [6.45, 7) is 2.97. The number of nitrogens with one attached hydrogen (secondary N) is 1. The zero-order chi connectivity index (χ0) is 12.1. The Bertz CT molecular complexity index is 356. The van der Waals surface area contributed by atoms with Gasteiger partial charge < -0.3 is 15.2 Å². The van der Waals surface area contributed by atoms with E-state index in [0.717, 1.165) is 20.3 Å². The van der Waals surface area contributed by atoms with Crippen molar-refractivity contribution in [2.75, 3.05) is 13.7 Å². The normalized spacial score (nSPS) is 12.6. The van der Waals surface area contributed by atoms with Gasteiger partial charge in [-0.3, -0.25) is 0 Å². The second-order valence-corrected chi connectivity index (χ2v) is 5.33. The molecule has 0 bridgehead atoms. The molecule has 1 aromatic carbocycles. The Balaban J connectivity index is 2.77. The summed E-state index contributed by atoms with van der Waals surface area (Å²) in [4.78, 5) is 0. The fourth-order valence-electron chi connectivity index (χ4n) is 1.39. The fourth-order valence-corrected chi connectivity index (χ4v) is 2.86. The van der Waals surface area contributed by atoms with Gasteiger partial charge in [-0.25, -0.2) is 0 Å². The molecule has 3 nitrogen and oxygen atoms in total. The van der Waals surface area contributed by atoms with Gasteiger partial charge in [-0.1, -0.05) is 15.9 Å². The lowest BCUT2D eigenvalue weighted by molar-refractivity contribution is 0.191. The van der Waals surface area contributed by atoms with E-state index in [9.17, 15) is 0 Å². The molecule has 1 atom stereocenters. The van der Waals surface area contributed by atoms with Gasteiger partial charge in [0, 0.05) is 23.1 Å². The smallest absolute Gasteiger partial charge is 0.137 e. The van der Waals surface area contributed by atoms with Crippen LogP contribution < -0.4 is 10.1 Å². The molecule has 0 radical (unpaired) electrons. The number of hydrogen-bond donors (Lipinski definition) is 2. The molecular formula is C11H15Br2NO2. The number of halogens is 2. The summed E-state index contributed by atoms with van der Waals surface area (Å²) in [5, 5.41) is 12.3. The molecular weight excluding hydrogens is 338 g/mol.